The number of hydrogen-bond donors (Lipinski definition) is 2. The Kier molecular flexibility index (Phi) is 5.10. The van der Waals surface area contributed by atoms with Gasteiger partial charge < -0.3 is 11.1 Å². The van der Waals surface area contributed by atoms with Crippen LogP contribution in [0.1, 0.15) is 24.8 Å². The molecule has 0 bridgehead atoms. The van der Waals surface area contributed by atoms with Crippen LogP contribution in [0.25, 0.3) is 0 Å². The van der Waals surface area contributed by atoms with Gasteiger partial charge in [-0.15, -0.1) is 0 Å². The van der Waals surface area contributed by atoms with E-state index in [1.54, 1.807) is 24.3 Å². The zero-order valence-electron chi connectivity index (χ0n) is 11.5. The molecule has 1 atom stereocenters. The Labute approximate surface area is 119 Å². The lowest BCUT2D eigenvalue weighted by Crippen LogP contribution is -2.47. The van der Waals surface area contributed by atoms with E-state index in [1.807, 2.05) is 0 Å². The van der Waals surface area contributed by atoms with E-state index >= 15 is 0 Å². The molecule has 106 valence electrons. The van der Waals surface area contributed by atoms with Crippen molar-refractivity contribution in [3.8, 4) is 6.07 Å². The molecule has 1 aliphatic heterocycles. The molecule has 2 rings (SSSR count). The van der Waals surface area contributed by atoms with Gasteiger partial charge in [0.15, 0.2) is 0 Å². The molecule has 20 heavy (non-hydrogen) atoms. The van der Waals surface area contributed by atoms with Crippen molar-refractivity contribution in [1.82, 2.24) is 4.90 Å². The van der Waals surface area contributed by atoms with Gasteiger partial charge in [0, 0.05) is 18.3 Å². The summed E-state index contributed by atoms with van der Waals surface area (Å²) in [6.07, 6.45) is 3.39. The van der Waals surface area contributed by atoms with Crippen LogP contribution >= 0.6 is 0 Å². The summed E-state index contributed by atoms with van der Waals surface area (Å²) < 4.78 is 0. The third kappa shape index (κ3) is 3.80. The number of benzene rings is 1. The first-order valence-corrected chi connectivity index (χ1v) is 6.97. The number of carbonyl (C=O) groups is 1. The molecule has 0 aromatic heterocycles. The van der Waals surface area contributed by atoms with Gasteiger partial charge in [-0.3, -0.25) is 9.69 Å². The number of hydrogen-bond acceptors (Lipinski definition) is 4. The SMILES string of the molecule is N#Cc1ccc(NC(=O)CN2CCCCC2CN)cc1. The smallest absolute Gasteiger partial charge is 0.238 e. The number of nitrogens with zero attached hydrogens (tertiary/aromatic N) is 2. The zero-order valence-corrected chi connectivity index (χ0v) is 11.5. The zero-order chi connectivity index (χ0) is 14.4. The van der Waals surface area contributed by atoms with Crippen LogP contribution in [0.4, 0.5) is 5.69 Å². The van der Waals surface area contributed by atoms with E-state index < -0.39 is 0 Å². The van der Waals surface area contributed by atoms with Crippen molar-refractivity contribution < 1.29 is 4.79 Å². The molecule has 0 aliphatic carbocycles. The lowest BCUT2D eigenvalue weighted by molar-refractivity contribution is -0.118. The number of nitrogens with one attached hydrogen (secondary N) is 1. The lowest BCUT2D eigenvalue weighted by atomic mass is 10.0. The van der Waals surface area contributed by atoms with Crippen LogP contribution in [0.15, 0.2) is 24.3 Å². The van der Waals surface area contributed by atoms with Crippen LogP contribution in [0, 0.1) is 11.3 Å². The average molecular weight is 272 g/mol. The highest BCUT2D eigenvalue weighted by atomic mass is 16.2. The molecule has 1 aromatic rings. The number of amides is 1. The third-order valence-corrected chi connectivity index (χ3v) is 3.67. The summed E-state index contributed by atoms with van der Waals surface area (Å²) in [6.45, 7) is 1.91. The van der Waals surface area contributed by atoms with E-state index in [4.69, 9.17) is 11.0 Å². The van der Waals surface area contributed by atoms with E-state index in [0.29, 0.717) is 24.7 Å². The second-order valence-electron chi connectivity index (χ2n) is 5.09. The highest BCUT2D eigenvalue weighted by Crippen LogP contribution is 2.16. The standard InChI is InChI=1S/C15H20N4O/c16-9-12-4-6-13(7-5-12)18-15(20)11-19-8-2-1-3-14(19)10-17/h4-7,14H,1-3,8,10-11,17H2,(H,18,20). The number of piperidine rings is 1. The van der Waals surface area contributed by atoms with Crippen LogP contribution in [0.5, 0.6) is 0 Å². The summed E-state index contributed by atoms with van der Waals surface area (Å²) in [5, 5.41) is 11.6. The number of rotatable bonds is 4. The Morgan fingerprint density at radius 3 is 2.80 bits per heavy atom. The fraction of sp³-hybridized carbons (Fsp3) is 0.467. The second kappa shape index (κ2) is 7.04. The molecule has 0 spiro atoms. The molecule has 1 heterocycles. The van der Waals surface area contributed by atoms with E-state index in [2.05, 4.69) is 16.3 Å². The first-order chi connectivity index (χ1) is 9.72. The molecule has 0 saturated carbocycles. The van der Waals surface area contributed by atoms with Gasteiger partial charge in [0.05, 0.1) is 18.2 Å². The van der Waals surface area contributed by atoms with Gasteiger partial charge >= 0.3 is 0 Å². The van der Waals surface area contributed by atoms with Crippen molar-refractivity contribution in [1.29, 1.82) is 5.26 Å². The third-order valence-electron chi connectivity index (χ3n) is 3.67. The molecule has 5 heteroatoms. The Morgan fingerprint density at radius 1 is 1.40 bits per heavy atom. The number of likely N-dealkylation sites (tertiary alicyclic amines) is 1. The monoisotopic (exact) mass is 272 g/mol. The van der Waals surface area contributed by atoms with Gasteiger partial charge in [0.25, 0.3) is 0 Å². The van der Waals surface area contributed by atoms with Crippen molar-refractivity contribution in [2.75, 3.05) is 25.0 Å². The van der Waals surface area contributed by atoms with Crippen molar-refractivity contribution in [2.45, 2.75) is 25.3 Å². The van der Waals surface area contributed by atoms with Crippen LogP contribution in [-0.2, 0) is 4.79 Å². The van der Waals surface area contributed by atoms with Crippen LogP contribution in [0.2, 0.25) is 0 Å². The van der Waals surface area contributed by atoms with Gasteiger partial charge in [-0.05, 0) is 43.7 Å². The van der Waals surface area contributed by atoms with Crippen molar-refractivity contribution in [3.05, 3.63) is 29.8 Å². The molecule has 0 radical (unpaired) electrons. The summed E-state index contributed by atoms with van der Waals surface area (Å²) in [5.74, 6) is -0.0324. The van der Waals surface area contributed by atoms with E-state index in [-0.39, 0.29) is 5.91 Å². The Hall–Kier alpha value is -1.90. The maximum Gasteiger partial charge on any atom is 0.238 e. The van der Waals surface area contributed by atoms with E-state index in [9.17, 15) is 4.79 Å². The molecular formula is C15H20N4O. The van der Waals surface area contributed by atoms with Crippen LogP contribution in [0.3, 0.4) is 0 Å². The Bertz CT molecular complexity index is 492. The maximum atomic E-state index is 12.0. The predicted molar refractivity (Wildman–Crippen MR) is 78.1 cm³/mol. The van der Waals surface area contributed by atoms with Gasteiger partial charge in [-0.2, -0.15) is 5.26 Å². The molecule has 1 saturated heterocycles. The fourth-order valence-corrected chi connectivity index (χ4v) is 2.55. The minimum Gasteiger partial charge on any atom is -0.329 e. The number of anilines is 1. The summed E-state index contributed by atoms with van der Waals surface area (Å²) in [5.41, 5.74) is 7.05. The van der Waals surface area contributed by atoms with E-state index in [0.717, 1.165) is 25.1 Å². The molecule has 1 unspecified atom stereocenters. The minimum atomic E-state index is -0.0324. The predicted octanol–water partition coefficient (Wildman–Crippen LogP) is 1.31. The molecule has 5 nitrogen and oxygen atoms in total. The van der Waals surface area contributed by atoms with Gasteiger partial charge in [-0.25, -0.2) is 0 Å². The highest BCUT2D eigenvalue weighted by Gasteiger charge is 2.22. The molecule has 3 N–H and O–H groups in total. The maximum absolute atomic E-state index is 12.0. The first-order valence-electron chi connectivity index (χ1n) is 6.97. The molecule has 1 amide bonds. The van der Waals surface area contributed by atoms with Gasteiger partial charge in [-0.1, -0.05) is 6.42 Å². The van der Waals surface area contributed by atoms with Crippen molar-refractivity contribution in [2.24, 2.45) is 5.73 Å². The van der Waals surface area contributed by atoms with Gasteiger partial charge in [0.2, 0.25) is 5.91 Å². The lowest BCUT2D eigenvalue weighted by Gasteiger charge is -2.34. The minimum absolute atomic E-state index is 0.0324. The largest absolute Gasteiger partial charge is 0.329 e. The van der Waals surface area contributed by atoms with Crippen molar-refractivity contribution in [3.63, 3.8) is 0 Å². The first kappa shape index (κ1) is 14.5. The molecule has 1 aliphatic rings. The number of nitrogens with two attached hydrogens (primary N) is 1. The normalized spacial score (nSPS) is 19.3. The second-order valence-corrected chi connectivity index (χ2v) is 5.09. The summed E-state index contributed by atoms with van der Waals surface area (Å²) in [6, 6.07) is 9.24. The highest BCUT2D eigenvalue weighted by molar-refractivity contribution is 5.92. The molecule has 1 aromatic carbocycles. The van der Waals surface area contributed by atoms with Crippen LogP contribution < -0.4 is 11.1 Å². The Morgan fingerprint density at radius 2 is 2.15 bits per heavy atom. The summed E-state index contributed by atoms with van der Waals surface area (Å²) >= 11 is 0. The fourth-order valence-electron chi connectivity index (χ4n) is 2.55. The topological polar surface area (TPSA) is 82.2 Å². The quantitative estimate of drug-likeness (QED) is 0.865. The number of nitriles is 1. The Balaban J connectivity index is 1.89. The average Bonchev–Trinajstić information content (AvgIpc) is 2.48. The number of carbonyl (C=O) groups excluding carboxylic acids is 1. The molecule has 1 fully saturated rings. The molecular weight excluding hydrogens is 252 g/mol. The van der Waals surface area contributed by atoms with Crippen LogP contribution in [-0.4, -0.2) is 36.5 Å². The van der Waals surface area contributed by atoms with E-state index in [1.165, 1.54) is 6.42 Å². The summed E-state index contributed by atoms with van der Waals surface area (Å²) in [7, 11) is 0. The summed E-state index contributed by atoms with van der Waals surface area (Å²) in [4.78, 5) is 14.2. The van der Waals surface area contributed by atoms with Crippen molar-refractivity contribution >= 4 is 11.6 Å². The van der Waals surface area contributed by atoms with Gasteiger partial charge in [0.1, 0.15) is 0 Å².